The molecular formula is C31H46O7. The molecule has 7 heteroatoms. The fourth-order valence-electron chi connectivity index (χ4n) is 4.86. The quantitative estimate of drug-likeness (QED) is 0.245. The number of rotatable bonds is 4. The number of allylic oxidation sites excluding steroid dienone is 5. The van der Waals surface area contributed by atoms with Crippen LogP contribution in [0.4, 0.5) is 0 Å². The summed E-state index contributed by atoms with van der Waals surface area (Å²) in [6.45, 7) is 19.7. The van der Waals surface area contributed by atoms with Crippen molar-refractivity contribution >= 4 is 5.97 Å². The highest BCUT2D eigenvalue weighted by atomic mass is 16.6. The van der Waals surface area contributed by atoms with Gasteiger partial charge in [0.2, 0.25) is 0 Å². The summed E-state index contributed by atoms with van der Waals surface area (Å²) in [6.07, 6.45) is 5.05. The minimum Gasteiger partial charge on any atom is -0.456 e. The molecule has 2 aliphatic heterocycles. The zero-order valence-electron chi connectivity index (χ0n) is 23.3. The fraction of sp³-hybridized carbons (Fsp3) is 0.581. The van der Waals surface area contributed by atoms with Gasteiger partial charge in [0, 0.05) is 6.08 Å². The van der Waals surface area contributed by atoms with Crippen molar-refractivity contribution < 1.29 is 34.7 Å². The highest BCUT2D eigenvalue weighted by Crippen LogP contribution is 2.39. The third kappa shape index (κ3) is 9.17. The second-order valence-corrected chi connectivity index (χ2v) is 10.8. The predicted molar refractivity (Wildman–Crippen MR) is 149 cm³/mol. The number of hydrogen-bond donors (Lipinski definition) is 4. The van der Waals surface area contributed by atoms with Gasteiger partial charge in [-0.05, 0) is 61.2 Å². The van der Waals surface area contributed by atoms with Crippen molar-refractivity contribution in [3.05, 3.63) is 72.4 Å². The van der Waals surface area contributed by atoms with Gasteiger partial charge in [-0.2, -0.15) is 0 Å². The predicted octanol–water partition coefficient (Wildman–Crippen LogP) is 4.09. The van der Waals surface area contributed by atoms with Crippen LogP contribution in [0.1, 0.15) is 59.8 Å². The van der Waals surface area contributed by atoms with Crippen LogP contribution in [0.25, 0.3) is 0 Å². The van der Waals surface area contributed by atoms with E-state index in [2.05, 4.69) is 33.6 Å². The number of hydrogen-bond acceptors (Lipinski definition) is 7. The van der Waals surface area contributed by atoms with Gasteiger partial charge in [-0.1, -0.05) is 76.8 Å². The standard InChI is InChI=1S/C31H46O7/c1-8-11-21(5)29-31(38-29)30-22(6)16-18(2)13-10-15-24(32)27(35)23(7)28(36)26(34)20(4)14-9-12-19(3)17-25(33)37-30/h9-10,12,15,17,21-22,24,26-32,34-36H,2,4,7-8,11,13-14,16H2,1,3,5-6H3/b12-9+,15-10+,19-17-/t21-,22-,24-,26-,27-,28?,29-,30+,31-/m0/s1. The number of carbonyl (C=O) groups is 1. The second-order valence-electron chi connectivity index (χ2n) is 10.8. The molecule has 9 atom stereocenters. The Bertz CT molecular complexity index is 946. The van der Waals surface area contributed by atoms with Crippen molar-refractivity contribution in [1.29, 1.82) is 0 Å². The summed E-state index contributed by atoms with van der Waals surface area (Å²) in [7, 11) is 0. The number of carbonyl (C=O) groups excluding carboxylic acids is 1. The molecule has 0 radical (unpaired) electrons. The molecule has 2 heterocycles. The average Bonchev–Trinajstić information content (AvgIpc) is 3.65. The molecule has 0 aromatic rings. The molecule has 2 rings (SSSR count). The van der Waals surface area contributed by atoms with Crippen LogP contribution in [0.3, 0.4) is 0 Å². The Morgan fingerprint density at radius 1 is 1.03 bits per heavy atom. The SMILES string of the molecule is C=C1C/C=C/[C@H](O)[C@@H](O)C(=C)C(O)[C@@H](O)C(=C)C/C=C/C(C)=C\C(=O)O[C@@H]([C@H]2O[C@H]2[C@@H](C)CCC)[C@@H](C)C1. The molecule has 0 saturated carbocycles. The highest BCUT2D eigenvalue weighted by Gasteiger charge is 2.51. The van der Waals surface area contributed by atoms with Crippen molar-refractivity contribution in [2.45, 2.75) is 103 Å². The van der Waals surface area contributed by atoms with Crippen molar-refractivity contribution in [2.24, 2.45) is 11.8 Å². The Hall–Kier alpha value is -2.29. The molecule has 0 aromatic carbocycles. The second kappa shape index (κ2) is 14.8. The summed E-state index contributed by atoms with van der Waals surface area (Å²) in [5.74, 6) is -0.134. The molecular weight excluding hydrogens is 484 g/mol. The third-order valence-corrected chi connectivity index (χ3v) is 7.26. The fourth-order valence-corrected chi connectivity index (χ4v) is 4.86. The lowest BCUT2D eigenvalue weighted by Gasteiger charge is -2.26. The van der Waals surface area contributed by atoms with E-state index in [4.69, 9.17) is 9.47 Å². The zero-order chi connectivity index (χ0) is 28.6. The van der Waals surface area contributed by atoms with Crippen LogP contribution < -0.4 is 0 Å². The van der Waals surface area contributed by atoms with Crippen molar-refractivity contribution in [1.82, 2.24) is 0 Å². The molecule has 0 bridgehead atoms. The normalized spacial score (nSPS) is 38.5. The van der Waals surface area contributed by atoms with Gasteiger partial charge >= 0.3 is 5.97 Å². The minimum atomic E-state index is -1.51. The summed E-state index contributed by atoms with van der Waals surface area (Å²) >= 11 is 0. The first kappa shape index (κ1) is 31.9. The molecule has 1 unspecified atom stereocenters. The van der Waals surface area contributed by atoms with Gasteiger partial charge in [0.15, 0.2) is 0 Å². The topological polar surface area (TPSA) is 120 Å². The lowest BCUT2D eigenvalue weighted by atomic mass is 9.89. The number of cyclic esters (lactones) is 1. The maximum atomic E-state index is 12.8. The number of ether oxygens (including phenoxy) is 2. The van der Waals surface area contributed by atoms with Gasteiger partial charge < -0.3 is 29.9 Å². The van der Waals surface area contributed by atoms with Crippen LogP contribution in [0.15, 0.2) is 72.4 Å². The maximum Gasteiger partial charge on any atom is 0.331 e. The number of esters is 1. The van der Waals surface area contributed by atoms with Gasteiger partial charge in [0.05, 0.1) is 6.10 Å². The summed E-state index contributed by atoms with van der Waals surface area (Å²) in [5, 5.41) is 41.8. The molecule has 38 heavy (non-hydrogen) atoms. The summed E-state index contributed by atoms with van der Waals surface area (Å²) in [6, 6.07) is 0. The van der Waals surface area contributed by atoms with Crippen molar-refractivity contribution in [2.75, 3.05) is 0 Å². The molecule has 0 aliphatic carbocycles. The van der Waals surface area contributed by atoms with Crippen molar-refractivity contribution in [3.63, 3.8) is 0 Å². The lowest BCUT2D eigenvalue weighted by Crippen LogP contribution is -2.37. The minimum absolute atomic E-state index is 0.0474. The van der Waals surface area contributed by atoms with Crippen LogP contribution in [0.2, 0.25) is 0 Å². The van der Waals surface area contributed by atoms with Crippen LogP contribution in [0, 0.1) is 11.8 Å². The molecule has 0 aromatic heterocycles. The number of aliphatic hydroxyl groups is 4. The highest BCUT2D eigenvalue weighted by molar-refractivity contribution is 5.83. The van der Waals surface area contributed by atoms with Crippen LogP contribution >= 0.6 is 0 Å². The van der Waals surface area contributed by atoms with E-state index in [1.807, 2.05) is 6.92 Å². The Morgan fingerprint density at radius 3 is 2.37 bits per heavy atom. The van der Waals surface area contributed by atoms with Crippen LogP contribution in [-0.2, 0) is 14.3 Å². The monoisotopic (exact) mass is 530 g/mol. The van der Waals surface area contributed by atoms with Gasteiger partial charge in [0.25, 0.3) is 0 Å². The summed E-state index contributed by atoms with van der Waals surface area (Å²) in [5.41, 5.74) is 1.70. The first-order valence-electron chi connectivity index (χ1n) is 13.5. The first-order chi connectivity index (χ1) is 17.9. The van der Waals surface area contributed by atoms with Crippen LogP contribution in [0.5, 0.6) is 0 Å². The Labute approximate surface area is 227 Å². The van der Waals surface area contributed by atoms with E-state index >= 15 is 0 Å². The van der Waals surface area contributed by atoms with Gasteiger partial charge in [-0.15, -0.1) is 0 Å². The van der Waals surface area contributed by atoms with Crippen LogP contribution in [-0.4, -0.2) is 69.1 Å². The largest absolute Gasteiger partial charge is 0.456 e. The van der Waals surface area contributed by atoms with Crippen molar-refractivity contribution in [3.8, 4) is 0 Å². The molecule has 212 valence electrons. The van der Waals surface area contributed by atoms with E-state index in [0.717, 1.165) is 18.4 Å². The molecule has 4 N–H and O–H groups in total. The maximum absolute atomic E-state index is 12.8. The molecule has 0 spiro atoms. The van der Waals surface area contributed by atoms with Gasteiger partial charge in [0.1, 0.15) is 36.6 Å². The Kier molecular flexibility index (Phi) is 12.4. The van der Waals surface area contributed by atoms with E-state index in [-0.39, 0.29) is 30.1 Å². The first-order valence-corrected chi connectivity index (χ1v) is 13.5. The smallest absolute Gasteiger partial charge is 0.331 e. The molecule has 2 aliphatic rings. The Morgan fingerprint density at radius 2 is 1.71 bits per heavy atom. The molecule has 7 nitrogen and oxygen atoms in total. The van der Waals surface area contributed by atoms with Gasteiger partial charge in [-0.3, -0.25) is 0 Å². The van der Waals surface area contributed by atoms with E-state index in [0.29, 0.717) is 29.9 Å². The van der Waals surface area contributed by atoms with E-state index in [1.165, 1.54) is 12.2 Å². The van der Waals surface area contributed by atoms with E-state index < -0.39 is 36.5 Å². The van der Waals surface area contributed by atoms with E-state index in [9.17, 15) is 25.2 Å². The van der Waals surface area contributed by atoms with E-state index in [1.54, 1.807) is 25.2 Å². The third-order valence-electron chi connectivity index (χ3n) is 7.26. The summed E-state index contributed by atoms with van der Waals surface area (Å²) < 4.78 is 11.9. The van der Waals surface area contributed by atoms with Gasteiger partial charge in [-0.25, -0.2) is 4.79 Å². The zero-order valence-corrected chi connectivity index (χ0v) is 23.3. The lowest BCUT2D eigenvalue weighted by molar-refractivity contribution is -0.146. The molecule has 1 saturated heterocycles. The number of epoxide rings is 1. The average molecular weight is 531 g/mol. The molecule has 1 fully saturated rings. The number of aliphatic hydroxyl groups excluding tert-OH is 4. The molecule has 0 amide bonds. The summed E-state index contributed by atoms with van der Waals surface area (Å²) in [4.78, 5) is 12.8. The Balaban J connectivity index is 2.28.